The first kappa shape index (κ1) is 22.0. The summed E-state index contributed by atoms with van der Waals surface area (Å²) in [7, 11) is 0.755. The predicted octanol–water partition coefficient (Wildman–Crippen LogP) is 2.33. The van der Waals surface area contributed by atoms with Gasteiger partial charge in [0, 0.05) is 50.8 Å². The van der Waals surface area contributed by atoms with Gasteiger partial charge in [-0.2, -0.15) is 4.31 Å². The van der Waals surface area contributed by atoms with Crippen molar-refractivity contribution in [3.05, 3.63) is 42.7 Å². The average molecular weight is 470 g/mol. The molecule has 33 heavy (non-hydrogen) atoms. The van der Waals surface area contributed by atoms with Crippen LogP contribution in [0.2, 0.25) is 0 Å². The maximum atomic E-state index is 12.6. The minimum absolute atomic E-state index is 0.179. The van der Waals surface area contributed by atoms with Crippen LogP contribution in [0.1, 0.15) is 12.8 Å². The Morgan fingerprint density at radius 3 is 2.64 bits per heavy atom. The number of anilines is 1. The summed E-state index contributed by atoms with van der Waals surface area (Å²) in [5.74, 6) is 0.359. The molecule has 5 rings (SSSR count). The van der Waals surface area contributed by atoms with E-state index >= 15 is 0 Å². The van der Waals surface area contributed by atoms with Crippen LogP contribution in [0.4, 0.5) is 5.69 Å². The smallest absolute Gasteiger partial charge is 0.242 e. The van der Waals surface area contributed by atoms with Crippen molar-refractivity contribution in [2.75, 3.05) is 45.3 Å². The molecule has 9 nitrogen and oxygen atoms in total. The fraction of sp³-hybridized carbons (Fsp3) is 0.435. The first-order valence-corrected chi connectivity index (χ1v) is 12.5. The zero-order valence-corrected chi connectivity index (χ0v) is 19.5. The lowest BCUT2D eigenvalue weighted by atomic mass is 10.1. The van der Waals surface area contributed by atoms with Crippen molar-refractivity contribution in [1.29, 1.82) is 0 Å². The molecular formula is C23H27N5O4S. The van der Waals surface area contributed by atoms with Gasteiger partial charge < -0.3 is 14.4 Å². The van der Waals surface area contributed by atoms with Crippen LogP contribution in [-0.4, -0.2) is 79.4 Å². The summed E-state index contributed by atoms with van der Waals surface area (Å²) >= 11 is 0. The van der Waals surface area contributed by atoms with E-state index in [1.807, 2.05) is 49.3 Å². The van der Waals surface area contributed by atoms with E-state index < -0.39 is 10.0 Å². The largest absolute Gasteiger partial charge is 0.473 e. The third-order valence-electron chi connectivity index (χ3n) is 5.92. The highest BCUT2D eigenvalue weighted by Crippen LogP contribution is 2.32. The van der Waals surface area contributed by atoms with Gasteiger partial charge in [-0.3, -0.25) is 4.98 Å². The number of ether oxygens (including phenoxy) is 2. The zero-order valence-electron chi connectivity index (χ0n) is 18.7. The third kappa shape index (κ3) is 4.64. The molecule has 10 heteroatoms. The Labute approximate surface area is 193 Å². The summed E-state index contributed by atoms with van der Waals surface area (Å²) in [6, 6.07) is 9.97. The summed E-state index contributed by atoms with van der Waals surface area (Å²) in [5.41, 5.74) is 4.00. The molecule has 2 aromatic heterocycles. The standard InChI is InChI=1S/C23H27N5O4S/c1-27(2)17-5-3-16(4-6-17)20-13-21-22(25-10-9-24-21)23(26-20)32-15-18-14-28(11-12-31-18)33(29,30)19-7-8-19/h3-6,9-10,13,18-19H,7-8,11-12,14-15H2,1-2H3. The number of benzene rings is 1. The minimum Gasteiger partial charge on any atom is -0.473 e. The van der Waals surface area contributed by atoms with E-state index in [9.17, 15) is 8.42 Å². The molecule has 0 bridgehead atoms. The number of rotatable bonds is 7. The van der Waals surface area contributed by atoms with Gasteiger partial charge in [-0.05, 0) is 31.0 Å². The van der Waals surface area contributed by atoms with Crippen LogP contribution in [0.15, 0.2) is 42.7 Å². The van der Waals surface area contributed by atoms with E-state index in [1.165, 1.54) is 4.31 Å². The number of pyridine rings is 1. The maximum absolute atomic E-state index is 12.6. The van der Waals surface area contributed by atoms with E-state index in [2.05, 4.69) is 9.97 Å². The normalized spacial score (nSPS) is 19.5. The highest BCUT2D eigenvalue weighted by molar-refractivity contribution is 7.90. The first-order valence-electron chi connectivity index (χ1n) is 11.0. The van der Waals surface area contributed by atoms with E-state index in [1.54, 1.807) is 12.4 Å². The molecule has 1 unspecified atom stereocenters. The molecule has 0 radical (unpaired) electrons. The van der Waals surface area contributed by atoms with Gasteiger partial charge in [-0.25, -0.2) is 18.4 Å². The predicted molar refractivity (Wildman–Crippen MR) is 126 cm³/mol. The van der Waals surface area contributed by atoms with Crippen LogP contribution in [0.3, 0.4) is 0 Å². The summed E-state index contributed by atoms with van der Waals surface area (Å²) in [4.78, 5) is 15.6. The lowest BCUT2D eigenvalue weighted by Gasteiger charge is -2.32. The molecule has 1 atom stereocenters. The molecule has 0 N–H and O–H groups in total. The van der Waals surface area contributed by atoms with Crippen LogP contribution in [0.25, 0.3) is 22.3 Å². The Kier molecular flexibility index (Phi) is 5.90. The van der Waals surface area contributed by atoms with Gasteiger partial charge in [-0.15, -0.1) is 0 Å². The second kappa shape index (κ2) is 8.85. The van der Waals surface area contributed by atoms with Crippen molar-refractivity contribution < 1.29 is 17.9 Å². The van der Waals surface area contributed by atoms with Crippen LogP contribution in [0, 0.1) is 0 Å². The van der Waals surface area contributed by atoms with E-state index in [-0.39, 0.29) is 24.5 Å². The second-order valence-electron chi connectivity index (χ2n) is 8.58. The Hall–Kier alpha value is -2.82. The monoisotopic (exact) mass is 469 g/mol. The number of hydrogen-bond acceptors (Lipinski definition) is 8. The number of hydrogen-bond donors (Lipinski definition) is 0. The fourth-order valence-corrected chi connectivity index (χ4v) is 5.75. The number of morpholine rings is 1. The quantitative estimate of drug-likeness (QED) is 0.520. The first-order chi connectivity index (χ1) is 15.9. The molecule has 1 aromatic carbocycles. The van der Waals surface area contributed by atoms with Crippen molar-refractivity contribution in [3.63, 3.8) is 0 Å². The molecule has 2 aliphatic rings. The van der Waals surface area contributed by atoms with Gasteiger partial charge >= 0.3 is 0 Å². The van der Waals surface area contributed by atoms with Crippen molar-refractivity contribution in [1.82, 2.24) is 19.3 Å². The molecule has 1 aliphatic heterocycles. The van der Waals surface area contributed by atoms with Gasteiger partial charge in [0.15, 0.2) is 5.52 Å². The molecule has 3 aromatic rings. The molecule has 1 saturated carbocycles. The summed E-state index contributed by atoms with van der Waals surface area (Å²) in [5, 5.41) is -0.228. The Morgan fingerprint density at radius 1 is 1.15 bits per heavy atom. The SMILES string of the molecule is CN(C)c1ccc(-c2cc3nccnc3c(OCC3CN(S(=O)(=O)C4CC4)CCO3)n2)cc1. The van der Waals surface area contributed by atoms with Crippen molar-refractivity contribution in [2.24, 2.45) is 0 Å². The summed E-state index contributed by atoms with van der Waals surface area (Å²) in [6.07, 6.45) is 4.36. The van der Waals surface area contributed by atoms with Gasteiger partial charge in [0.1, 0.15) is 12.7 Å². The van der Waals surface area contributed by atoms with Crippen molar-refractivity contribution in [3.8, 4) is 17.1 Å². The topological polar surface area (TPSA) is 97.8 Å². The number of aromatic nitrogens is 3. The molecule has 3 heterocycles. The van der Waals surface area contributed by atoms with E-state index in [0.29, 0.717) is 30.1 Å². The van der Waals surface area contributed by atoms with Gasteiger partial charge in [0.05, 0.1) is 23.1 Å². The number of sulfonamides is 1. The van der Waals surface area contributed by atoms with E-state index in [4.69, 9.17) is 14.5 Å². The van der Waals surface area contributed by atoms with Gasteiger partial charge in [0.25, 0.3) is 0 Å². The molecule has 1 saturated heterocycles. The molecule has 0 spiro atoms. The lowest BCUT2D eigenvalue weighted by Crippen LogP contribution is -2.48. The van der Waals surface area contributed by atoms with Crippen LogP contribution < -0.4 is 9.64 Å². The Morgan fingerprint density at radius 2 is 1.91 bits per heavy atom. The van der Waals surface area contributed by atoms with Gasteiger partial charge in [-0.1, -0.05) is 12.1 Å². The van der Waals surface area contributed by atoms with Crippen LogP contribution in [-0.2, 0) is 14.8 Å². The second-order valence-corrected chi connectivity index (χ2v) is 10.8. The summed E-state index contributed by atoms with van der Waals surface area (Å²) in [6.45, 7) is 1.21. The average Bonchev–Trinajstić information content (AvgIpc) is 3.69. The lowest BCUT2D eigenvalue weighted by molar-refractivity contribution is -0.0254. The van der Waals surface area contributed by atoms with Gasteiger partial charge in [0.2, 0.25) is 15.9 Å². The Bertz CT molecular complexity index is 1250. The zero-order chi connectivity index (χ0) is 23.0. The Balaban J connectivity index is 1.37. The molecule has 0 amide bonds. The van der Waals surface area contributed by atoms with Crippen LogP contribution in [0.5, 0.6) is 5.88 Å². The molecule has 174 valence electrons. The highest BCUT2D eigenvalue weighted by Gasteiger charge is 2.42. The molecule has 2 fully saturated rings. The third-order valence-corrected chi connectivity index (χ3v) is 8.28. The minimum atomic E-state index is -3.24. The van der Waals surface area contributed by atoms with Crippen molar-refractivity contribution in [2.45, 2.75) is 24.2 Å². The van der Waals surface area contributed by atoms with Crippen molar-refractivity contribution >= 4 is 26.7 Å². The maximum Gasteiger partial charge on any atom is 0.242 e. The van der Waals surface area contributed by atoms with Crippen LogP contribution >= 0.6 is 0 Å². The molecule has 1 aliphatic carbocycles. The summed E-state index contributed by atoms with van der Waals surface area (Å²) < 4.78 is 38.6. The van der Waals surface area contributed by atoms with E-state index in [0.717, 1.165) is 29.8 Å². The highest BCUT2D eigenvalue weighted by atomic mass is 32.2. The number of fused-ring (bicyclic) bond motifs is 1. The fourth-order valence-electron chi connectivity index (χ4n) is 3.90. The molecular weight excluding hydrogens is 442 g/mol. The number of nitrogens with zero attached hydrogens (tertiary/aromatic N) is 5.